The number of rotatable bonds is 5. The Balaban J connectivity index is 2.14. The zero-order valence-corrected chi connectivity index (χ0v) is 9.26. The predicted molar refractivity (Wildman–Crippen MR) is 58.9 cm³/mol. The van der Waals surface area contributed by atoms with Gasteiger partial charge in [-0.1, -0.05) is 26.2 Å². The lowest BCUT2D eigenvalue weighted by Gasteiger charge is -2.24. The molecule has 0 radical (unpaired) electrons. The van der Waals surface area contributed by atoms with Crippen LogP contribution in [0.15, 0.2) is 0 Å². The van der Waals surface area contributed by atoms with Crippen molar-refractivity contribution in [1.29, 1.82) is 5.26 Å². The van der Waals surface area contributed by atoms with Crippen molar-refractivity contribution in [3.63, 3.8) is 0 Å². The fourth-order valence-corrected chi connectivity index (χ4v) is 2.20. The van der Waals surface area contributed by atoms with Crippen LogP contribution in [0.2, 0.25) is 0 Å². The van der Waals surface area contributed by atoms with Gasteiger partial charge in [-0.05, 0) is 31.7 Å². The molecule has 0 aromatic rings. The quantitative estimate of drug-likeness (QED) is 0.730. The third-order valence-corrected chi connectivity index (χ3v) is 3.25. The minimum atomic E-state index is 0.418. The lowest BCUT2D eigenvalue weighted by Crippen LogP contribution is -2.33. The molecule has 0 aromatic heterocycles. The average Bonchev–Trinajstić information content (AvgIpc) is 2.25. The molecule has 2 nitrogen and oxygen atoms in total. The average molecular weight is 194 g/mol. The molecule has 14 heavy (non-hydrogen) atoms. The van der Waals surface area contributed by atoms with Crippen molar-refractivity contribution in [2.24, 2.45) is 5.92 Å². The first-order valence-electron chi connectivity index (χ1n) is 5.97. The van der Waals surface area contributed by atoms with Crippen LogP contribution in [0.3, 0.4) is 0 Å². The maximum Gasteiger partial charge on any atom is 0.0638 e. The molecular formula is C12H22N2. The highest BCUT2D eigenvalue weighted by Gasteiger charge is 2.14. The van der Waals surface area contributed by atoms with Crippen molar-refractivity contribution in [3.8, 4) is 6.07 Å². The SMILES string of the molecule is CCC(CC#N)NCC1CCCCC1. The van der Waals surface area contributed by atoms with E-state index in [-0.39, 0.29) is 0 Å². The van der Waals surface area contributed by atoms with Crippen LogP contribution in [-0.2, 0) is 0 Å². The van der Waals surface area contributed by atoms with E-state index in [9.17, 15) is 0 Å². The monoisotopic (exact) mass is 194 g/mol. The normalized spacial score (nSPS) is 20.3. The Morgan fingerprint density at radius 3 is 2.64 bits per heavy atom. The molecule has 1 atom stereocenters. The maximum atomic E-state index is 8.61. The van der Waals surface area contributed by atoms with Crippen molar-refractivity contribution in [2.75, 3.05) is 6.54 Å². The molecule has 1 aliphatic carbocycles. The van der Waals surface area contributed by atoms with E-state index in [1.165, 1.54) is 32.1 Å². The fraction of sp³-hybridized carbons (Fsp3) is 0.917. The van der Waals surface area contributed by atoms with E-state index in [0.717, 1.165) is 18.9 Å². The number of hydrogen-bond donors (Lipinski definition) is 1. The molecule has 1 unspecified atom stereocenters. The first-order chi connectivity index (χ1) is 6.86. The molecule has 0 aliphatic heterocycles. The van der Waals surface area contributed by atoms with Crippen LogP contribution in [0.1, 0.15) is 51.9 Å². The second-order valence-corrected chi connectivity index (χ2v) is 4.38. The number of nitrogens with zero attached hydrogens (tertiary/aromatic N) is 1. The minimum Gasteiger partial charge on any atom is -0.313 e. The molecule has 1 aliphatic rings. The van der Waals surface area contributed by atoms with Crippen molar-refractivity contribution in [1.82, 2.24) is 5.32 Å². The van der Waals surface area contributed by atoms with E-state index in [4.69, 9.17) is 5.26 Å². The minimum absolute atomic E-state index is 0.418. The summed E-state index contributed by atoms with van der Waals surface area (Å²) in [6.07, 6.45) is 8.73. The van der Waals surface area contributed by atoms with E-state index in [1.807, 2.05) is 0 Å². The van der Waals surface area contributed by atoms with Crippen LogP contribution in [0, 0.1) is 17.2 Å². The molecule has 1 rings (SSSR count). The largest absolute Gasteiger partial charge is 0.313 e. The molecular weight excluding hydrogens is 172 g/mol. The Morgan fingerprint density at radius 1 is 1.36 bits per heavy atom. The Hall–Kier alpha value is -0.550. The van der Waals surface area contributed by atoms with Gasteiger partial charge in [0.25, 0.3) is 0 Å². The first kappa shape index (κ1) is 11.5. The summed E-state index contributed by atoms with van der Waals surface area (Å²) in [5.74, 6) is 0.872. The van der Waals surface area contributed by atoms with Crippen molar-refractivity contribution < 1.29 is 0 Å². The van der Waals surface area contributed by atoms with Crippen LogP contribution in [0.5, 0.6) is 0 Å². The number of nitrogens with one attached hydrogen (secondary N) is 1. The summed E-state index contributed by atoms with van der Waals surface area (Å²) in [6, 6.07) is 2.66. The van der Waals surface area contributed by atoms with Crippen LogP contribution in [-0.4, -0.2) is 12.6 Å². The number of nitriles is 1. The van der Waals surface area contributed by atoms with E-state index >= 15 is 0 Å². The van der Waals surface area contributed by atoms with Gasteiger partial charge in [-0.3, -0.25) is 0 Å². The lowest BCUT2D eigenvalue weighted by atomic mass is 9.89. The summed E-state index contributed by atoms with van der Waals surface area (Å²) in [5, 5.41) is 12.1. The highest BCUT2D eigenvalue weighted by molar-refractivity contribution is 4.80. The third-order valence-electron chi connectivity index (χ3n) is 3.25. The van der Waals surface area contributed by atoms with E-state index < -0.39 is 0 Å². The molecule has 0 heterocycles. The third kappa shape index (κ3) is 4.11. The zero-order valence-electron chi connectivity index (χ0n) is 9.26. The van der Waals surface area contributed by atoms with E-state index in [1.54, 1.807) is 0 Å². The number of hydrogen-bond acceptors (Lipinski definition) is 2. The van der Waals surface area contributed by atoms with Gasteiger partial charge in [0.15, 0.2) is 0 Å². The van der Waals surface area contributed by atoms with E-state index in [2.05, 4.69) is 18.3 Å². The summed E-state index contributed by atoms with van der Waals surface area (Å²) in [5.41, 5.74) is 0. The molecule has 1 saturated carbocycles. The van der Waals surface area contributed by atoms with Crippen molar-refractivity contribution in [2.45, 2.75) is 57.9 Å². The van der Waals surface area contributed by atoms with Gasteiger partial charge in [0, 0.05) is 6.04 Å². The van der Waals surface area contributed by atoms with Gasteiger partial charge in [0.2, 0.25) is 0 Å². The topological polar surface area (TPSA) is 35.8 Å². The van der Waals surface area contributed by atoms with Crippen LogP contribution in [0.4, 0.5) is 0 Å². The van der Waals surface area contributed by atoms with Gasteiger partial charge in [0.1, 0.15) is 0 Å². The Bertz CT molecular complexity index is 177. The smallest absolute Gasteiger partial charge is 0.0638 e. The summed E-state index contributed by atoms with van der Waals surface area (Å²) < 4.78 is 0. The maximum absolute atomic E-state index is 8.61. The van der Waals surface area contributed by atoms with Crippen molar-refractivity contribution in [3.05, 3.63) is 0 Å². The molecule has 0 aromatic carbocycles. The summed E-state index contributed by atoms with van der Waals surface area (Å²) in [6.45, 7) is 3.27. The molecule has 1 N–H and O–H groups in total. The first-order valence-corrected chi connectivity index (χ1v) is 5.97. The second kappa shape index (κ2) is 6.84. The predicted octanol–water partition coefficient (Wildman–Crippen LogP) is 2.85. The van der Waals surface area contributed by atoms with Crippen LogP contribution < -0.4 is 5.32 Å². The highest BCUT2D eigenvalue weighted by atomic mass is 14.9. The van der Waals surface area contributed by atoms with Crippen molar-refractivity contribution >= 4 is 0 Å². The summed E-state index contributed by atoms with van der Waals surface area (Å²) >= 11 is 0. The second-order valence-electron chi connectivity index (χ2n) is 4.38. The Labute approximate surface area is 87.7 Å². The molecule has 2 heteroatoms. The summed E-state index contributed by atoms with van der Waals surface area (Å²) in [4.78, 5) is 0. The molecule has 0 bridgehead atoms. The molecule has 0 saturated heterocycles. The fourth-order valence-electron chi connectivity index (χ4n) is 2.20. The standard InChI is InChI=1S/C12H22N2/c1-2-12(8-9-13)14-10-11-6-4-3-5-7-11/h11-12,14H,2-8,10H2,1H3. The molecule has 1 fully saturated rings. The van der Waals surface area contributed by atoms with Crippen LogP contribution in [0.25, 0.3) is 0 Å². The Morgan fingerprint density at radius 2 is 2.07 bits per heavy atom. The highest BCUT2D eigenvalue weighted by Crippen LogP contribution is 2.22. The molecule has 0 amide bonds. The summed E-state index contributed by atoms with van der Waals surface area (Å²) in [7, 11) is 0. The van der Waals surface area contributed by atoms with E-state index in [0.29, 0.717) is 12.5 Å². The van der Waals surface area contributed by atoms with Gasteiger partial charge >= 0.3 is 0 Å². The molecule has 80 valence electrons. The van der Waals surface area contributed by atoms with Gasteiger partial charge in [-0.2, -0.15) is 5.26 Å². The van der Waals surface area contributed by atoms with Gasteiger partial charge < -0.3 is 5.32 Å². The molecule has 0 spiro atoms. The Kier molecular flexibility index (Phi) is 5.63. The van der Waals surface area contributed by atoms with Gasteiger partial charge in [-0.25, -0.2) is 0 Å². The van der Waals surface area contributed by atoms with Gasteiger partial charge in [0.05, 0.1) is 12.5 Å². The lowest BCUT2D eigenvalue weighted by molar-refractivity contribution is 0.325. The zero-order chi connectivity index (χ0) is 10.2. The van der Waals surface area contributed by atoms with Gasteiger partial charge in [-0.15, -0.1) is 0 Å². The van der Waals surface area contributed by atoms with Crippen LogP contribution >= 0.6 is 0 Å².